The van der Waals surface area contributed by atoms with Crippen LogP contribution < -0.4 is 16.4 Å². The Morgan fingerprint density at radius 2 is 2.05 bits per heavy atom. The molecule has 1 unspecified atom stereocenters. The zero-order valence-electron chi connectivity index (χ0n) is 11.6. The molecule has 0 saturated carbocycles. The van der Waals surface area contributed by atoms with Crippen LogP contribution in [0.15, 0.2) is 18.2 Å². The van der Waals surface area contributed by atoms with Crippen molar-refractivity contribution in [2.45, 2.75) is 33.2 Å². The zero-order chi connectivity index (χ0) is 14.4. The largest absolute Gasteiger partial charge is 0.352 e. The third-order valence-electron chi connectivity index (χ3n) is 2.61. The molecule has 4 N–H and O–H groups in total. The summed E-state index contributed by atoms with van der Waals surface area (Å²) in [7, 11) is 0. The van der Waals surface area contributed by atoms with E-state index in [0.29, 0.717) is 17.8 Å². The number of carbonyl (C=O) groups is 2. The Bertz CT molecular complexity index is 470. The van der Waals surface area contributed by atoms with Gasteiger partial charge in [0.2, 0.25) is 5.91 Å². The number of benzene rings is 1. The Kier molecular flexibility index (Phi) is 5.51. The minimum atomic E-state index is -0.171. The zero-order valence-corrected chi connectivity index (χ0v) is 11.6. The average Bonchev–Trinajstić information content (AvgIpc) is 2.31. The quantitative estimate of drug-likeness (QED) is 0.751. The first kappa shape index (κ1) is 15.2. The summed E-state index contributed by atoms with van der Waals surface area (Å²) in [6.45, 7) is 6.09. The highest BCUT2D eigenvalue weighted by Gasteiger charge is 2.10. The molecule has 0 aliphatic heterocycles. The molecule has 1 aromatic carbocycles. The molecule has 2 amide bonds. The van der Waals surface area contributed by atoms with Gasteiger partial charge in [-0.2, -0.15) is 0 Å². The van der Waals surface area contributed by atoms with E-state index in [2.05, 4.69) is 10.6 Å². The van der Waals surface area contributed by atoms with E-state index >= 15 is 0 Å². The van der Waals surface area contributed by atoms with Gasteiger partial charge in [0.05, 0.1) is 0 Å². The summed E-state index contributed by atoms with van der Waals surface area (Å²) < 4.78 is 0. The minimum Gasteiger partial charge on any atom is -0.352 e. The number of aryl methyl sites for hydroxylation is 1. The smallest absolute Gasteiger partial charge is 0.251 e. The highest BCUT2D eigenvalue weighted by atomic mass is 16.2. The molecule has 0 fully saturated rings. The van der Waals surface area contributed by atoms with Crippen molar-refractivity contribution in [1.82, 2.24) is 5.32 Å². The fraction of sp³-hybridized carbons (Fsp3) is 0.429. The van der Waals surface area contributed by atoms with Crippen LogP contribution in [0.1, 0.15) is 36.2 Å². The van der Waals surface area contributed by atoms with E-state index in [9.17, 15) is 9.59 Å². The summed E-state index contributed by atoms with van der Waals surface area (Å²) in [6.07, 6.45) is 0.275. The molecule has 1 aromatic rings. The first-order valence-corrected chi connectivity index (χ1v) is 6.38. The van der Waals surface area contributed by atoms with Gasteiger partial charge in [0.25, 0.3) is 5.91 Å². The van der Waals surface area contributed by atoms with Crippen LogP contribution in [-0.4, -0.2) is 24.4 Å². The second-order valence-electron chi connectivity index (χ2n) is 4.62. The number of nitrogens with two attached hydrogens (primary N) is 1. The third kappa shape index (κ3) is 4.71. The molecule has 1 atom stereocenters. The van der Waals surface area contributed by atoms with Gasteiger partial charge in [0.15, 0.2) is 0 Å². The van der Waals surface area contributed by atoms with Gasteiger partial charge in [0.1, 0.15) is 0 Å². The van der Waals surface area contributed by atoms with Crippen molar-refractivity contribution in [2.24, 2.45) is 5.73 Å². The number of anilines is 1. The van der Waals surface area contributed by atoms with Crippen LogP contribution in [0, 0.1) is 6.92 Å². The molecule has 5 nitrogen and oxygen atoms in total. The monoisotopic (exact) mass is 263 g/mol. The maximum absolute atomic E-state index is 11.7. The maximum atomic E-state index is 11.7. The van der Waals surface area contributed by atoms with Crippen LogP contribution >= 0.6 is 0 Å². The molecular formula is C14H21N3O2. The third-order valence-corrected chi connectivity index (χ3v) is 2.61. The molecule has 0 aromatic heterocycles. The molecule has 0 heterocycles. The van der Waals surface area contributed by atoms with Crippen LogP contribution in [0.2, 0.25) is 0 Å². The Hall–Kier alpha value is -1.88. The standard InChI is InChI=1S/C14H21N3O2/c1-4-16-14(19)11-5-6-12(9(2)7-11)17-13(18)8-10(3)15/h5-7,10H,4,8,15H2,1-3H3,(H,16,19)(H,17,18). The summed E-state index contributed by atoms with van der Waals surface area (Å²) in [5, 5.41) is 5.52. The number of hydrogen-bond donors (Lipinski definition) is 3. The topological polar surface area (TPSA) is 84.2 Å². The lowest BCUT2D eigenvalue weighted by Crippen LogP contribution is -2.24. The van der Waals surface area contributed by atoms with Crippen molar-refractivity contribution in [2.75, 3.05) is 11.9 Å². The van der Waals surface area contributed by atoms with Crippen LogP contribution in [0.25, 0.3) is 0 Å². The summed E-state index contributed by atoms with van der Waals surface area (Å²) >= 11 is 0. The SMILES string of the molecule is CCNC(=O)c1ccc(NC(=O)CC(C)N)c(C)c1. The van der Waals surface area contributed by atoms with Crippen LogP contribution in [0.5, 0.6) is 0 Å². The van der Waals surface area contributed by atoms with E-state index in [1.807, 2.05) is 13.8 Å². The molecule has 1 rings (SSSR count). The fourth-order valence-electron chi connectivity index (χ4n) is 1.70. The van der Waals surface area contributed by atoms with Gasteiger partial charge in [-0.15, -0.1) is 0 Å². The number of amides is 2. The van der Waals surface area contributed by atoms with E-state index in [-0.39, 0.29) is 24.3 Å². The van der Waals surface area contributed by atoms with Crippen molar-refractivity contribution >= 4 is 17.5 Å². The van der Waals surface area contributed by atoms with Crippen molar-refractivity contribution in [3.8, 4) is 0 Å². The van der Waals surface area contributed by atoms with Crippen LogP contribution in [-0.2, 0) is 4.79 Å². The van der Waals surface area contributed by atoms with Gasteiger partial charge >= 0.3 is 0 Å². The molecule has 19 heavy (non-hydrogen) atoms. The fourth-order valence-corrected chi connectivity index (χ4v) is 1.70. The van der Waals surface area contributed by atoms with Crippen molar-refractivity contribution in [3.63, 3.8) is 0 Å². The number of hydrogen-bond acceptors (Lipinski definition) is 3. The first-order valence-electron chi connectivity index (χ1n) is 6.38. The van der Waals surface area contributed by atoms with Gasteiger partial charge in [-0.25, -0.2) is 0 Å². The van der Waals surface area contributed by atoms with Gasteiger partial charge < -0.3 is 16.4 Å². The average molecular weight is 263 g/mol. The molecule has 0 radical (unpaired) electrons. The molecule has 0 saturated heterocycles. The summed E-state index contributed by atoms with van der Waals surface area (Å²) in [5.74, 6) is -0.233. The predicted molar refractivity (Wildman–Crippen MR) is 76.1 cm³/mol. The van der Waals surface area contributed by atoms with Gasteiger partial charge in [-0.3, -0.25) is 9.59 Å². The van der Waals surface area contributed by atoms with Gasteiger partial charge in [-0.1, -0.05) is 0 Å². The molecule has 0 aliphatic carbocycles. The number of nitrogens with one attached hydrogen (secondary N) is 2. The summed E-state index contributed by atoms with van der Waals surface area (Å²) in [6, 6.07) is 5.01. The van der Waals surface area contributed by atoms with E-state index < -0.39 is 0 Å². The molecule has 104 valence electrons. The van der Waals surface area contributed by atoms with Crippen molar-refractivity contribution in [3.05, 3.63) is 29.3 Å². The lowest BCUT2D eigenvalue weighted by atomic mass is 10.1. The van der Waals surface area contributed by atoms with Crippen LogP contribution in [0.4, 0.5) is 5.69 Å². The Morgan fingerprint density at radius 1 is 1.37 bits per heavy atom. The Morgan fingerprint density at radius 3 is 2.58 bits per heavy atom. The summed E-state index contributed by atoms with van der Waals surface area (Å²) in [4.78, 5) is 23.3. The molecule has 5 heteroatoms. The van der Waals surface area contributed by atoms with Crippen molar-refractivity contribution < 1.29 is 9.59 Å². The second kappa shape index (κ2) is 6.89. The lowest BCUT2D eigenvalue weighted by molar-refractivity contribution is -0.116. The Labute approximate surface area is 113 Å². The second-order valence-corrected chi connectivity index (χ2v) is 4.62. The highest BCUT2D eigenvalue weighted by Crippen LogP contribution is 2.17. The summed E-state index contributed by atoms with van der Waals surface area (Å²) in [5.41, 5.74) is 7.71. The lowest BCUT2D eigenvalue weighted by Gasteiger charge is -2.11. The molecule has 0 spiro atoms. The number of carbonyl (C=O) groups excluding carboxylic acids is 2. The van der Waals surface area contributed by atoms with E-state index in [0.717, 1.165) is 5.56 Å². The Balaban J connectivity index is 2.77. The first-order chi connectivity index (χ1) is 8.93. The van der Waals surface area contributed by atoms with E-state index in [4.69, 9.17) is 5.73 Å². The molecule has 0 aliphatic rings. The normalized spacial score (nSPS) is 11.8. The molecule has 0 bridgehead atoms. The van der Waals surface area contributed by atoms with E-state index in [1.54, 1.807) is 25.1 Å². The maximum Gasteiger partial charge on any atom is 0.251 e. The highest BCUT2D eigenvalue weighted by molar-refractivity contribution is 5.96. The van der Waals surface area contributed by atoms with Crippen LogP contribution in [0.3, 0.4) is 0 Å². The predicted octanol–water partition coefficient (Wildman–Crippen LogP) is 1.42. The van der Waals surface area contributed by atoms with Gasteiger partial charge in [-0.05, 0) is 44.5 Å². The molecular weight excluding hydrogens is 242 g/mol. The number of rotatable bonds is 5. The van der Waals surface area contributed by atoms with E-state index in [1.165, 1.54) is 0 Å². The van der Waals surface area contributed by atoms with Crippen molar-refractivity contribution in [1.29, 1.82) is 0 Å². The minimum absolute atomic E-state index is 0.112. The van der Waals surface area contributed by atoms with Gasteiger partial charge in [0, 0.05) is 30.3 Å².